The predicted molar refractivity (Wildman–Crippen MR) is 92.0 cm³/mol. The van der Waals surface area contributed by atoms with E-state index in [9.17, 15) is 13.2 Å². The average Bonchev–Trinajstić information content (AvgIpc) is 2.94. The highest BCUT2D eigenvalue weighted by Gasteiger charge is 2.32. The van der Waals surface area contributed by atoms with Crippen LogP contribution < -0.4 is 4.90 Å². The Morgan fingerprint density at radius 3 is 2.54 bits per heavy atom. The summed E-state index contributed by atoms with van der Waals surface area (Å²) in [7, 11) is -1.36. The molecule has 2 heterocycles. The molecule has 7 nitrogen and oxygen atoms in total. The van der Waals surface area contributed by atoms with Crippen LogP contribution in [-0.2, 0) is 14.6 Å². The van der Waals surface area contributed by atoms with E-state index in [0.29, 0.717) is 18.9 Å². The van der Waals surface area contributed by atoms with E-state index in [4.69, 9.17) is 4.74 Å². The molecule has 0 spiro atoms. The zero-order valence-corrected chi connectivity index (χ0v) is 15.6. The molecular weight excluding hydrogens is 330 g/mol. The summed E-state index contributed by atoms with van der Waals surface area (Å²) in [5.74, 6) is 0.679. The van der Waals surface area contributed by atoms with Gasteiger partial charge in [0.05, 0.1) is 4.90 Å². The molecule has 0 bridgehead atoms. The number of carbonyl (C=O) groups excluding carboxylic acids is 1. The molecule has 8 heteroatoms. The molecule has 1 fully saturated rings. The molecule has 0 N–H and O–H groups in total. The van der Waals surface area contributed by atoms with Gasteiger partial charge in [-0.05, 0) is 39.3 Å². The minimum Gasteiger partial charge on any atom is -0.444 e. The van der Waals surface area contributed by atoms with Crippen LogP contribution in [-0.4, -0.2) is 62.4 Å². The van der Waals surface area contributed by atoms with E-state index in [1.807, 2.05) is 32.7 Å². The Morgan fingerprint density at radius 2 is 2.04 bits per heavy atom. The number of pyridine rings is 1. The van der Waals surface area contributed by atoms with Gasteiger partial charge >= 0.3 is 6.09 Å². The van der Waals surface area contributed by atoms with Crippen LogP contribution in [0.1, 0.15) is 27.2 Å². The summed E-state index contributed by atoms with van der Waals surface area (Å²) in [5, 5.41) is 0. The predicted octanol–water partition coefficient (Wildman–Crippen LogP) is 1.93. The first-order chi connectivity index (χ1) is 11.0. The Balaban J connectivity index is 2.01. The zero-order chi connectivity index (χ0) is 18.1. The molecule has 1 aliphatic rings. The van der Waals surface area contributed by atoms with E-state index in [1.165, 1.54) is 6.20 Å². The van der Waals surface area contributed by atoms with Crippen LogP contribution in [0.15, 0.2) is 23.2 Å². The van der Waals surface area contributed by atoms with Gasteiger partial charge in [-0.25, -0.2) is 18.2 Å². The molecule has 1 saturated heterocycles. The van der Waals surface area contributed by atoms with Crippen LogP contribution in [0.4, 0.5) is 10.6 Å². The maximum atomic E-state index is 12.1. The summed E-state index contributed by atoms with van der Waals surface area (Å²) < 4.78 is 28.4. The molecular formula is C16H25N3O4S. The topological polar surface area (TPSA) is 79.8 Å². The Morgan fingerprint density at radius 1 is 1.38 bits per heavy atom. The van der Waals surface area contributed by atoms with Gasteiger partial charge in [0.15, 0.2) is 9.84 Å². The van der Waals surface area contributed by atoms with Crippen molar-refractivity contribution in [2.24, 2.45) is 0 Å². The number of ether oxygens (including phenoxy) is 1. The summed E-state index contributed by atoms with van der Waals surface area (Å²) in [6, 6.07) is 3.36. The van der Waals surface area contributed by atoms with E-state index in [1.54, 1.807) is 17.0 Å². The summed E-state index contributed by atoms with van der Waals surface area (Å²) in [4.78, 5) is 20.2. The second-order valence-corrected chi connectivity index (χ2v) is 9.12. The molecule has 0 aromatic carbocycles. The maximum Gasteiger partial charge on any atom is 0.410 e. The largest absolute Gasteiger partial charge is 0.444 e. The standard InChI is InChI=1S/C16H25N3O4S/c1-16(2,3)23-15(20)19-9-8-12(11-19)18(4)14-7-6-13(10-17-14)24(5,21)22/h6-7,10,12H,8-9,11H2,1-5H3/t12-/m1/s1. The van der Waals surface area contributed by atoms with Crippen LogP contribution in [0.5, 0.6) is 0 Å². The number of sulfone groups is 1. The number of hydrogen-bond donors (Lipinski definition) is 0. The summed E-state index contributed by atoms with van der Waals surface area (Å²) in [5.41, 5.74) is -0.510. The minimum absolute atomic E-state index is 0.120. The van der Waals surface area contributed by atoms with Crippen LogP contribution >= 0.6 is 0 Å². The molecule has 0 radical (unpaired) electrons. The molecule has 1 amide bonds. The molecule has 24 heavy (non-hydrogen) atoms. The number of likely N-dealkylation sites (N-methyl/N-ethyl adjacent to an activating group) is 1. The molecule has 1 aromatic heterocycles. The van der Waals surface area contributed by atoms with E-state index < -0.39 is 15.4 Å². The highest BCUT2D eigenvalue weighted by molar-refractivity contribution is 7.90. The van der Waals surface area contributed by atoms with Crippen LogP contribution in [0.3, 0.4) is 0 Å². The van der Waals surface area contributed by atoms with Gasteiger partial charge in [0.25, 0.3) is 0 Å². The number of rotatable bonds is 3. The van der Waals surface area contributed by atoms with E-state index >= 15 is 0 Å². The third-order valence-electron chi connectivity index (χ3n) is 3.87. The van der Waals surface area contributed by atoms with Crippen molar-refractivity contribution in [2.75, 3.05) is 31.3 Å². The molecule has 1 aromatic rings. The fourth-order valence-corrected chi connectivity index (χ4v) is 3.10. The van der Waals surface area contributed by atoms with E-state index in [-0.39, 0.29) is 17.0 Å². The fourth-order valence-electron chi connectivity index (χ4n) is 2.54. The smallest absolute Gasteiger partial charge is 0.410 e. The van der Waals surface area contributed by atoms with Crippen molar-refractivity contribution in [3.63, 3.8) is 0 Å². The molecule has 2 rings (SSSR count). The number of anilines is 1. The first kappa shape index (κ1) is 18.5. The van der Waals surface area contributed by atoms with Crippen molar-refractivity contribution >= 4 is 21.7 Å². The van der Waals surface area contributed by atoms with E-state index in [2.05, 4.69) is 4.98 Å². The molecule has 1 atom stereocenters. The summed E-state index contributed by atoms with van der Waals surface area (Å²) in [6.45, 7) is 6.72. The van der Waals surface area contributed by atoms with Crippen molar-refractivity contribution in [3.05, 3.63) is 18.3 Å². The normalized spacial score (nSPS) is 18.5. The molecule has 0 unspecified atom stereocenters. The van der Waals surface area contributed by atoms with Gasteiger partial charge in [-0.3, -0.25) is 0 Å². The van der Waals surface area contributed by atoms with Gasteiger partial charge in [0.1, 0.15) is 11.4 Å². The van der Waals surface area contributed by atoms with Crippen LogP contribution in [0, 0.1) is 0 Å². The lowest BCUT2D eigenvalue weighted by Gasteiger charge is -2.27. The van der Waals surface area contributed by atoms with Crippen LogP contribution in [0.25, 0.3) is 0 Å². The number of likely N-dealkylation sites (tertiary alicyclic amines) is 1. The molecule has 0 saturated carbocycles. The quantitative estimate of drug-likeness (QED) is 0.824. The molecule has 134 valence electrons. The maximum absolute atomic E-state index is 12.1. The highest BCUT2D eigenvalue weighted by Crippen LogP contribution is 2.22. The number of hydrogen-bond acceptors (Lipinski definition) is 6. The first-order valence-corrected chi connectivity index (χ1v) is 9.73. The molecule has 1 aliphatic heterocycles. The van der Waals surface area contributed by atoms with Crippen LogP contribution in [0.2, 0.25) is 0 Å². The van der Waals surface area contributed by atoms with Gasteiger partial charge in [-0.2, -0.15) is 0 Å². The van der Waals surface area contributed by atoms with Gasteiger partial charge in [0.2, 0.25) is 0 Å². The molecule has 0 aliphatic carbocycles. The van der Waals surface area contributed by atoms with Crippen molar-refractivity contribution in [2.45, 2.75) is 43.7 Å². The monoisotopic (exact) mass is 355 g/mol. The second kappa shape index (κ2) is 6.58. The Labute approximate surface area is 143 Å². The Hall–Kier alpha value is -1.83. The summed E-state index contributed by atoms with van der Waals surface area (Å²) in [6.07, 6.45) is 3.02. The van der Waals surface area contributed by atoms with Gasteiger partial charge in [-0.15, -0.1) is 0 Å². The second-order valence-electron chi connectivity index (χ2n) is 7.10. The van der Waals surface area contributed by atoms with Crippen molar-refractivity contribution in [3.8, 4) is 0 Å². The Bertz CT molecular complexity index is 695. The number of carbonyl (C=O) groups is 1. The number of amides is 1. The van der Waals surface area contributed by atoms with Gasteiger partial charge < -0.3 is 14.5 Å². The lowest BCUT2D eigenvalue weighted by Crippen LogP contribution is -2.39. The van der Waals surface area contributed by atoms with Crippen molar-refractivity contribution in [1.82, 2.24) is 9.88 Å². The Kier molecular flexibility index (Phi) is 5.08. The lowest BCUT2D eigenvalue weighted by molar-refractivity contribution is 0.0292. The van der Waals surface area contributed by atoms with Crippen molar-refractivity contribution < 1.29 is 17.9 Å². The fraction of sp³-hybridized carbons (Fsp3) is 0.625. The summed E-state index contributed by atoms with van der Waals surface area (Å²) >= 11 is 0. The zero-order valence-electron chi connectivity index (χ0n) is 14.8. The lowest BCUT2D eigenvalue weighted by atomic mass is 10.2. The minimum atomic E-state index is -3.25. The van der Waals surface area contributed by atoms with E-state index in [0.717, 1.165) is 12.7 Å². The average molecular weight is 355 g/mol. The number of aromatic nitrogens is 1. The SMILES string of the molecule is CN(c1ccc(S(C)(=O)=O)cn1)[C@@H]1CCN(C(=O)OC(C)(C)C)C1. The van der Waals surface area contributed by atoms with Gasteiger partial charge in [-0.1, -0.05) is 0 Å². The third-order valence-corrected chi connectivity index (χ3v) is 4.97. The van der Waals surface area contributed by atoms with Crippen molar-refractivity contribution in [1.29, 1.82) is 0 Å². The highest BCUT2D eigenvalue weighted by atomic mass is 32.2. The number of nitrogens with zero attached hydrogens (tertiary/aromatic N) is 3. The van der Waals surface area contributed by atoms with Gasteiger partial charge in [0, 0.05) is 38.6 Å². The third kappa shape index (κ3) is 4.59. The first-order valence-electron chi connectivity index (χ1n) is 7.84.